The van der Waals surface area contributed by atoms with Crippen LogP contribution in [0.4, 0.5) is 19.1 Å². The lowest BCUT2D eigenvalue weighted by molar-refractivity contribution is -0.168. The number of carbonyl (C=O) groups excluding carboxylic acids is 1. The molecule has 1 amide bonds. The van der Waals surface area contributed by atoms with E-state index in [9.17, 15) is 18.0 Å². The second kappa shape index (κ2) is 7.49. The number of fused-ring (bicyclic) bond motifs is 1. The molecule has 29 heavy (non-hydrogen) atoms. The van der Waals surface area contributed by atoms with Gasteiger partial charge in [0.05, 0.1) is 17.6 Å². The van der Waals surface area contributed by atoms with Gasteiger partial charge in [0, 0.05) is 16.0 Å². The van der Waals surface area contributed by atoms with E-state index in [2.05, 4.69) is 25.9 Å². The maximum absolute atomic E-state index is 13.0. The van der Waals surface area contributed by atoms with Gasteiger partial charge in [-0.2, -0.15) is 13.2 Å². The third-order valence-corrected chi connectivity index (χ3v) is 4.67. The predicted molar refractivity (Wildman–Crippen MR) is 103 cm³/mol. The number of nitrogens with one attached hydrogen (secondary N) is 3. The molecule has 1 aliphatic rings. The summed E-state index contributed by atoms with van der Waals surface area (Å²) in [5, 5.41) is 8.68. The van der Waals surface area contributed by atoms with Crippen LogP contribution in [0.2, 0.25) is 5.02 Å². The summed E-state index contributed by atoms with van der Waals surface area (Å²) in [6.45, 7) is 0. The van der Waals surface area contributed by atoms with Crippen molar-refractivity contribution >= 4 is 34.4 Å². The topological polar surface area (TPSA) is 78.9 Å². The first-order valence-corrected chi connectivity index (χ1v) is 9.09. The molecular weight excluding hydrogens is 407 g/mol. The normalized spacial score (nSPS) is 19.8. The molecule has 2 heterocycles. The first kappa shape index (κ1) is 19.4. The smallest absolute Gasteiger partial charge is 0.323 e. The van der Waals surface area contributed by atoms with Gasteiger partial charge < -0.3 is 10.6 Å². The molecule has 1 aliphatic heterocycles. The highest BCUT2D eigenvalue weighted by atomic mass is 35.5. The molecule has 0 spiro atoms. The second-order valence-corrected chi connectivity index (χ2v) is 6.97. The van der Waals surface area contributed by atoms with Crippen LogP contribution in [-0.4, -0.2) is 34.4 Å². The van der Waals surface area contributed by atoms with Gasteiger partial charge in [0.2, 0.25) is 11.9 Å². The molecule has 0 radical (unpaired) electrons. The highest BCUT2D eigenvalue weighted by Gasteiger charge is 2.44. The van der Waals surface area contributed by atoms with Gasteiger partial charge in [0.15, 0.2) is 6.29 Å². The van der Waals surface area contributed by atoms with E-state index in [0.717, 1.165) is 5.56 Å². The summed E-state index contributed by atoms with van der Waals surface area (Å²) >= 11 is 6.11. The molecule has 2 atom stereocenters. The molecule has 0 saturated carbocycles. The van der Waals surface area contributed by atoms with Gasteiger partial charge in [-0.15, -0.1) is 0 Å². The van der Waals surface area contributed by atoms with E-state index in [1.54, 1.807) is 18.2 Å². The third kappa shape index (κ3) is 4.25. The quantitative estimate of drug-likeness (QED) is 0.601. The van der Waals surface area contributed by atoms with E-state index in [4.69, 9.17) is 11.6 Å². The zero-order valence-electron chi connectivity index (χ0n) is 14.8. The van der Waals surface area contributed by atoms with Gasteiger partial charge in [-0.3, -0.25) is 10.1 Å². The molecule has 2 unspecified atom stereocenters. The standard InChI is InChI=1S/C19H15ClF3N5O/c20-11-6-7-13-12(8-11)16(10-4-2-1-3-5-10)27-17(24-13)28-18-25-14(19(21,22)23)9-15(29)26-18/h1-8,14,18,25H,9H2,(H,26,29)(H,24,27,28). The van der Waals surface area contributed by atoms with Crippen LogP contribution in [0.25, 0.3) is 22.2 Å². The molecule has 3 aromatic rings. The number of hydrogen-bond donors (Lipinski definition) is 3. The fourth-order valence-corrected chi connectivity index (χ4v) is 3.28. The third-order valence-electron chi connectivity index (χ3n) is 4.44. The number of anilines is 1. The van der Waals surface area contributed by atoms with Crippen LogP contribution in [0.5, 0.6) is 0 Å². The van der Waals surface area contributed by atoms with Crippen molar-refractivity contribution in [3.8, 4) is 11.3 Å². The van der Waals surface area contributed by atoms with Gasteiger partial charge in [-0.05, 0) is 18.2 Å². The summed E-state index contributed by atoms with van der Waals surface area (Å²) in [7, 11) is 0. The molecule has 4 rings (SSSR count). The highest BCUT2D eigenvalue weighted by Crippen LogP contribution is 2.30. The van der Waals surface area contributed by atoms with Crippen LogP contribution in [-0.2, 0) is 4.79 Å². The Morgan fingerprint density at radius 1 is 1.10 bits per heavy atom. The van der Waals surface area contributed by atoms with Crippen molar-refractivity contribution < 1.29 is 18.0 Å². The van der Waals surface area contributed by atoms with Crippen molar-refractivity contribution in [1.29, 1.82) is 0 Å². The molecule has 0 bridgehead atoms. The van der Waals surface area contributed by atoms with Crippen LogP contribution in [0, 0.1) is 0 Å². The van der Waals surface area contributed by atoms with Crippen molar-refractivity contribution in [2.75, 3.05) is 5.32 Å². The molecule has 3 N–H and O–H groups in total. The predicted octanol–water partition coefficient (Wildman–Crippen LogP) is 3.69. The van der Waals surface area contributed by atoms with Crippen molar-refractivity contribution in [2.45, 2.75) is 24.9 Å². The van der Waals surface area contributed by atoms with Crippen molar-refractivity contribution in [3.05, 3.63) is 53.6 Å². The van der Waals surface area contributed by atoms with E-state index in [0.29, 0.717) is 21.6 Å². The molecule has 10 heteroatoms. The Bertz CT molecular complexity index is 1060. The number of aromatic nitrogens is 2. The number of amides is 1. The monoisotopic (exact) mass is 421 g/mol. The van der Waals surface area contributed by atoms with E-state index < -0.39 is 30.8 Å². The zero-order chi connectivity index (χ0) is 20.6. The highest BCUT2D eigenvalue weighted by molar-refractivity contribution is 6.31. The number of halogens is 4. The Morgan fingerprint density at radius 2 is 1.86 bits per heavy atom. The van der Waals surface area contributed by atoms with Gasteiger partial charge in [0.1, 0.15) is 6.04 Å². The molecule has 1 fully saturated rings. The van der Waals surface area contributed by atoms with E-state index in [1.165, 1.54) is 0 Å². The molecular formula is C19H15ClF3N5O. The number of benzene rings is 2. The van der Waals surface area contributed by atoms with Crippen molar-refractivity contribution in [1.82, 2.24) is 20.6 Å². The number of nitrogens with zero attached hydrogens (tertiary/aromatic N) is 2. The van der Waals surface area contributed by atoms with E-state index in [-0.39, 0.29) is 5.95 Å². The number of alkyl halides is 3. The Kier molecular flexibility index (Phi) is 5.01. The average molecular weight is 422 g/mol. The Labute approximate surface area is 168 Å². The van der Waals surface area contributed by atoms with Gasteiger partial charge in [0.25, 0.3) is 0 Å². The minimum Gasteiger partial charge on any atom is -0.323 e. The number of rotatable bonds is 3. The molecule has 0 aliphatic carbocycles. The number of hydrogen-bond acceptors (Lipinski definition) is 5. The summed E-state index contributed by atoms with van der Waals surface area (Å²) < 4.78 is 39.1. The Balaban J connectivity index is 1.71. The lowest BCUT2D eigenvalue weighted by Crippen LogP contribution is -2.63. The summed E-state index contributed by atoms with van der Waals surface area (Å²) in [5.41, 5.74) is 1.91. The average Bonchev–Trinajstić information content (AvgIpc) is 2.67. The minimum atomic E-state index is -4.55. The fraction of sp³-hybridized carbons (Fsp3) is 0.211. The lowest BCUT2D eigenvalue weighted by atomic mass is 10.1. The first-order valence-electron chi connectivity index (χ1n) is 8.71. The largest absolute Gasteiger partial charge is 0.404 e. The second-order valence-electron chi connectivity index (χ2n) is 6.53. The van der Waals surface area contributed by atoms with E-state index in [1.807, 2.05) is 30.3 Å². The SMILES string of the molecule is O=C1CC(C(F)(F)F)NC(Nc2nc(-c3ccccc3)c3cc(Cl)ccc3n2)N1. The molecule has 1 aromatic heterocycles. The molecule has 1 saturated heterocycles. The maximum atomic E-state index is 13.0. The van der Waals surface area contributed by atoms with Crippen LogP contribution in [0.15, 0.2) is 48.5 Å². The fourth-order valence-electron chi connectivity index (χ4n) is 3.11. The van der Waals surface area contributed by atoms with Gasteiger partial charge >= 0.3 is 6.18 Å². The summed E-state index contributed by atoms with van der Waals surface area (Å²) in [6, 6.07) is 12.4. The zero-order valence-corrected chi connectivity index (χ0v) is 15.6. The Hall–Kier alpha value is -2.91. The molecule has 6 nitrogen and oxygen atoms in total. The lowest BCUT2D eigenvalue weighted by Gasteiger charge is -2.33. The van der Waals surface area contributed by atoms with E-state index >= 15 is 0 Å². The van der Waals surface area contributed by atoms with Crippen LogP contribution in [0.1, 0.15) is 6.42 Å². The van der Waals surface area contributed by atoms with Gasteiger partial charge in [-0.1, -0.05) is 41.9 Å². The van der Waals surface area contributed by atoms with Crippen LogP contribution >= 0.6 is 11.6 Å². The van der Waals surface area contributed by atoms with Crippen molar-refractivity contribution in [3.63, 3.8) is 0 Å². The summed E-state index contributed by atoms with van der Waals surface area (Å²) in [5.74, 6) is -0.654. The van der Waals surface area contributed by atoms with Crippen LogP contribution in [0.3, 0.4) is 0 Å². The van der Waals surface area contributed by atoms with Crippen molar-refractivity contribution in [2.24, 2.45) is 0 Å². The maximum Gasteiger partial charge on any atom is 0.404 e. The molecule has 2 aromatic carbocycles. The molecule has 150 valence electrons. The van der Waals surface area contributed by atoms with Gasteiger partial charge in [-0.25, -0.2) is 9.97 Å². The number of carbonyl (C=O) groups is 1. The Morgan fingerprint density at radius 3 is 2.59 bits per heavy atom. The summed E-state index contributed by atoms with van der Waals surface area (Å²) in [6.07, 6.45) is -6.40. The first-order chi connectivity index (χ1) is 13.8. The summed E-state index contributed by atoms with van der Waals surface area (Å²) in [4.78, 5) is 20.5. The minimum absolute atomic E-state index is 0.0688. The van der Waals surface area contributed by atoms with Crippen LogP contribution < -0.4 is 16.0 Å².